The monoisotopic (exact) mass is 440 g/mol. The third-order valence-corrected chi connectivity index (χ3v) is 4.42. The molecule has 1 N–H and O–H groups in total. The molecule has 1 heterocycles. The maximum absolute atomic E-state index is 11.9. The predicted molar refractivity (Wildman–Crippen MR) is 118 cm³/mol. The molecule has 0 saturated heterocycles. The number of hydrogen-bond acceptors (Lipinski definition) is 6. The van der Waals surface area contributed by atoms with Crippen LogP contribution in [-0.4, -0.2) is 31.3 Å². The molecule has 7 nitrogen and oxygen atoms in total. The minimum absolute atomic E-state index is 0.184. The van der Waals surface area contributed by atoms with Crippen LogP contribution in [0.2, 0.25) is 5.02 Å². The van der Waals surface area contributed by atoms with Gasteiger partial charge in [-0.1, -0.05) is 23.7 Å². The van der Waals surface area contributed by atoms with Crippen molar-refractivity contribution >= 4 is 29.7 Å². The minimum atomic E-state index is -0.410. The van der Waals surface area contributed by atoms with Gasteiger partial charge in [-0.15, -0.1) is 0 Å². The summed E-state index contributed by atoms with van der Waals surface area (Å²) in [5, 5.41) is 4.48. The lowest BCUT2D eigenvalue weighted by molar-refractivity contribution is -0.123. The van der Waals surface area contributed by atoms with E-state index in [-0.39, 0.29) is 12.6 Å². The summed E-state index contributed by atoms with van der Waals surface area (Å²) in [6, 6.07) is 15.5. The Balaban J connectivity index is 1.52. The average Bonchev–Trinajstić information content (AvgIpc) is 3.22. The molecule has 3 aromatic rings. The van der Waals surface area contributed by atoms with Crippen molar-refractivity contribution in [1.29, 1.82) is 0 Å². The fourth-order valence-corrected chi connectivity index (χ4v) is 2.91. The van der Waals surface area contributed by atoms with E-state index < -0.39 is 5.91 Å². The number of hydrogen-bond donors (Lipinski definition) is 1. The zero-order valence-corrected chi connectivity index (χ0v) is 17.8. The second-order valence-electron chi connectivity index (χ2n) is 6.49. The Morgan fingerprint density at radius 3 is 2.61 bits per heavy atom. The van der Waals surface area contributed by atoms with Crippen molar-refractivity contribution < 1.29 is 23.5 Å². The lowest BCUT2D eigenvalue weighted by Gasteiger charge is -2.08. The molecule has 31 heavy (non-hydrogen) atoms. The zero-order chi connectivity index (χ0) is 22.2. The molecule has 0 saturated carbocycles. The number of rotatable bonds is 8. The van der Waals surface area contributed by atoms with Crippen LogP contribution in [-0.2, 0) is 9.53 Å². The first-order chi connectivity index (χ1) is 15.0. The van der Waals surface area contributed by atoms with Gasteiger partial charge in [0.25, 0.3) is 5.91 Å². The molecule has 1 amide bonds. The Labute approximate surface area is 184 Å². The molecule has 0 fully saturated rings. The number of nitrogens with zero attached hydrogens (tertiary/aromatic N) is 1. The summed E-state index contributed by atoms with van der Waals surface area (Å²) < 4.78 is 16.1. The lowest BCUT2D eigenvalue weighted by Crippen LogP contribution is -2.24. The van der Waals surface area contributed by atoms with Crippen LogP contribution in [0.3, 0.4) is 0 Å². The van der Waals surface area contributed by atoms with Crippen LogP contribution in [0.25, 0.3) is 11.3 Å². The largest absolute Gasteiger partial charge is 0.483 e. The number of aryl methyl sites for hydroxylation is 1. The van der Waals surface area contributed by atoms with E-state index in [0.717, 1.165) is 11.1 Å². The summed E-state index contributed by atoms with van der Waals surface area (Å²) >= 11 is 5.90. The Morgan fingerprint density at radius 2 is 1.90 bits per heavy atom. The van der Waals surface area contributed by atoms with Gasteiger partial charge in [0.2, 0.25) is 0 Å². The molecular weight excluding hydrogens is 420 g/mol. The van der Waals surface area contributed by atoms with Gasteiger partial charge in [0.05, 0.1) is 18.4 Å². The Bertz CT molecular complexity index is 1090. The van der Waals surface area contributed by atoms with Crippen molar-refractivity contribution in [3.8, 4) is 17.1 Å². The van der Waals surface area contributed by atoms with Crippen LogP contribution in [0.1, 0.15) is 28.6 Å². The van der Waals surface area contributed by atoms with Gasteiger partial charge < -0.3 is 13.9 Å². The van der Waals surface area contributed by atoms with E-state index in [2.05, 4.69) is 10.5 Å². The summed E-state index contributed by atoms with van der Waals surface area (Å²) in [6.45, 7) is 3.74. The first-order valence-electron chi connectivity index (χ1n) is 9.54. The highest BCUT2D eigenvalue weighted by molar-refractivity contribution is 6.30. The highest BCUT2D eigenvalue weighted by Gasteiger charge is 2.09. The zero-order valence-electron chi connectivity index (χ0n) is 17.1. The van der Waals surface area contributed by atoms with Gasteiger partial charge in [0, 0.05) is 10.6 Å². The Morgan fingerprint density at radius 1 is 1.13 bits per heavy atom. The van der Waals surface area contributed by atoms with Gasteiger partial charge in [0.1, 0.15) is 17.3 Å². The number of carbonyl (C=O) groups is 2. The Kier molecular flexibility index (Phi) is 7.45. The summed E-state index contributed by atoms with van der Waals surface area (Å²) in [4.78, 5) is 23.6. The molecule has 0 aliphatic carbocycles. The average molecular weight is 441 g/mol. The van der Waals surface area contributed by atoms with Crippen LogP contribution in [0.15, 0.2) is 64.1 Å². The molecule has 0 radical (unpaired) electrons. The van der Waals surface area contributed by atoms with Crippen molar-refractivity contribution in [2.75, 3.05) is 13.2 Å². The van der Waals surface area contributed by atoms with Gasteiger partial charge >= 0.3 is 5.97 Å². The fourth-order valence-electron chi connectivity index (χ4n) is 2.68. The molecule has 1 aromatic heterocycles. The molecule has 0 unspecified atom stereocenters. The second-order valence-corrected chi connectivity index (χ2v) is 6.93. The summed E-state index contributed by atoms with van der Waals surface area (Å²) in [5.41, 5.74) is 4.48. The van der Waals surface area contributed by atoms with E-state index in [0.29, 0.717) is 34.5 Å². The van der Waals surface area contributed by atoms with E-state index >= 15 is 0 Å². The number of furan rings is 1. The van der Waals surface area contributed by atoms with Gasteiger partial charge in [-0.25, -0.2) is 10.2 Å². The van der Waals surface area contributed by atoms with E-state index in [1.807, 2.05) is 6.92 Å². The number of benzene rings is 2. The highest BCUT2D eigenvalue weighted by atomic mass is 35.5. The van der Waals surface area contributed by atoms with E-state index in [4.69, 9.17) is 25.5 Å². The molecule has 0 aliphatic rings. The normalized spacial score (nSPS) is 10.8. The van der Waals surface area contributed by atoms with E-state index in [1.165, 1.54) is 6.21 Å². The highest BCUT2D eigenvalue weighted by Crippen LogP contribution is 2.23. The molecule has 3 rings (SSSR count). The number of carbonyl (C=O) groups excluding carboxylic acids is 2. The Hall–Kier alpha value is -3.58. The number of esters is 1. The molecule has 2 aromatic carbocycles. The van der Waals surface area contributed by atoms with Crippen molar-refractivity contribution in [3.63, 3.8) is 0 Å². The molecule has 8 heteroatoms. The predicted octanol–water partition coefficient (Wildman–Crippen LogP) is 4.61. The fraction of sp³-hybridized carbons (Fsp3) is 0.174. The maximum atomic E-state index is 11.9. The van der Waals surface area contributed by atoms with Crippen molar-refractivity contribution in [1.82, 2.24) is 5.43 Å². The van der Waals surface area contributed by atoms with E-state index in [9.17, 15) is 9.59 Å². The third kappa shape index (κ3) is 6.20. The summed E-state index contributed by atoms with van der Waals surface area (Å²) in [6.07, 6.45) is 1.39. The summed E-state index contributed by atoms with van der Waals surface area (Å²) in [5.74, 6) is 0.858. The quantitative estimate of drug-likeness (QED) is 0.313. The van der Waals surface area contributed by atoms with Crippen molar-refractivity contribution in [3.05, 3.63) is 76.5 Å². The van der Waals surface area contributed by atoms with Crippen molar-refractivity contribution in [2.24, 2.45) is 5.10 Å². The standard InChI is InChI=1S/C23H21ClN2O5/c1-3-29-23(28)17-6-4-16(5-7-17)21-11-9-19(31-21)13-25-26-22(27)14-30-20-10-8-18(24)12-15(20)2/h4-13H,3,14H2,1-2H3,(H,26,27)/b25-13+. The minimum Gasteiger partial charge on any atom is -0.483 e. The number of ether oxygens (including phenoxy) is 2. The molecule has 0 bridgehead atoms. The smallest absolute Gasteiger partial charge is 0.338 e. The van der Waals surface area contributed by atoms with Crippen LogP contribution in [0.4, 0.5) is 0 Å². The van der Waals surface area contributed by atoms with Gasteiger partial charge in [-0.3, -0.25) is 4.79 Å². The molecular formula is C23H21ClN2O5. The molecule has 0 spiro atoms. The first kappa shape index (κ1) is 22.1. The maximum Gasteiger partial charge on any atom is 0.338 e. The third-order valence-electron chi connectivity index (χ3n) is 4.18. The molecule has 0 atom stereocenters. The number of halogens is 1. The van der Waals surface area contributed by atoms with Gasteiger partial charge in [0.15, 0.2) is 6.61 Å². The van der Waals surface area contributed by atoms with Crippen LogP contribution in [0.5, 0.6) is 5.75 Å². The van der Waals surface area contributed by atoms with Crippen LogP contribution >= 0.6 is 11.6 Å². The first-order valence-corrected chi connectivity index (χ1v) is 9.92. The molecule has 0 aliphatic heterocycles. The van der Waals surface area contributed by atoms with E-state index in [1.54, 1.807) is 61.5 Å². The van der Waals surface area contributed by atoms with Gasteiger partial charge in [-0.05, 0) is 61.9 Å². The lowest BCUT2D eigenvalue weighted by atomic mass is 10.1. The summed E-state index contributed by atoms with van der Waals surface area (Å²) in [7, 11) is 0. The topological polar surface area (TPSA) is 90.1 Å². The number of nitrogens with one attached hydrogen (secondary N) is 1. The van der Waals surface area contributed by atoms with Crippen LogP contribution in [0, 0.1) is 6.92 Å². The van der Waals surface area contributed by atoms with Crippen molar-refractivity contribution in [2.45, 2.75) is 13.8 Å². The second kappa shape index (κ2) is 10.4. The molecule has 160 valence electrons. The number of amides is 1. The SMILES string of the molecule is CCOC(=O)c1ccc(-c2ccc(/C=N/NC(=O)COc3ccc(Cl)cc3C)o2)cc1. The van der Waals surface area contributed by atoms with Gasteiger partial charge in [-0.2, -0.15) is 5.10 Å². The van der Waals surface area contributed by atoms with Crippen LogP contribution < -0.4 is 10.2 Å². The number of hydrazone groups is 1.